The minimum atomic E-state index is -0.351. The first-order valence-electron chi connectivity index (χ1n) is 11.6. The summed E-state index contributed by atoms with van der Waals surface area (Å²) in [5.74, 6) is 1.60. The van der Waals surface area contributed by atoms with Crippen molar-refractivity contribution in [2.24, 2.45) is 5.92 Å². The maximum atomic E-state index is 12.3. The van der Waals surface area contributed by atoms with Crippen LogP contribution in [0.1, 0.15) is 110 Å². The zero-order valence-corrected chi connectivity index (χ0v) is 19.6. The van der Waals surface area contributed by atoms with E-state index < -0.39 is 0 Å². The molecule has 0 aromatic heterocycles. The second kappa shape index (κ2) is 8.72. The SMILES string of the molecule is CCCCCCC(C)(C)c1cc(OC(C)=O)c2c(c1)OC(C)(C)[C@@H]1CCC(=O)C[C@@H]21. The first-order valence-corrected chi connectivity index (χ1v) is 11.6. The van der Waals surface area contributed by atoms with Crippen LogP contribution in [0.25, 0.3) is 0 Å². The molecule has 1 saturated carbocycles. The summed E-state index contributed by atoms with van der Waals surface area (Å²) < 4.78 is 12.2. The summed E-state index contributed by atoms with van der Waals surface area (Å²) in [6.07, 6.45) is 7.88. The third kappa shape index (κ3) is 4.73. The zero-order chi connectivity index (χ0) is 22.1. The van der Waals surface area contributed by atoms with Gasteiger partial charge in [0, 0.05) is 37.2 Å². The highest BCUT2D eigenvalue weighted by molar-refractivity contribution is 5.81. The summed E-state index contributed by atoms with van der Waals surface area (Å²) >= 11 is 0. The van der Waals surface area contributed by atoms with Crippen molar-refractivity contribution in [1.29, 1.82) is 0 Å². The van der Waals surface area contributed by atoms with E-state index >= 15 is 0 Å². The maximum Gasteiger partial charge on any atom is 0.308 e. The van der Waals surface area contributed by atoms with Crippen molar-refractivity contribution in [3.63, 3.8) is 0 Å². The number of carbonyl (C=O) groups is 2. The van der Waals surface area contributed by atoms with Crippen LogP contribution in [0.2, 0.25) is 0 Å². The van der Waals surface area contributed by atoms with E-state index in [0.717, 1.165) is 29.7 Å². The van der Waals surface area contributed by atoms with Crippen molar-refractivity contribution in [1.82, 2.24) is 0 Å². The van der Waals surface area contributed by atoms with Crippen molar-refractivity contribution in [3.8, 4) is 11.5 Å². The van der Waals surface area contributed by atoms with E-state index in [-0.39, 0.29) is 34.6 Å². The van der Waals surface area contributed by atoms with Gasteiger partial charge in [0.15, 0.2) is 0 Å². The first-order chi connectivity index (χ1) is 14.0. The van der Waals surface area contributed by atoms with E-state index in [1.54, 1.807) is 0 Å². The van der Waals surface area contributed by atoms with Gasteiger partial charge in [-0.3, -0.25) is 9.59 Å². The molecule has 0 unspecified atom stereocenters. The van der Waals surface area contributed by atoms with Crippen molar-refractivity contribution in [2.45, 2.75) is 110 Å². The first kappa shape index (κ1) is 22.8. The standard InChI is InChI=1S/C26H38O4/c1-7-8-9-10-13-25(3,4)18-14-22(29-17(2)27)24-20-16-19(28)11-12-21(20)26(5,6)30-23(24)15-18/h14-15,20-21H,7-13,16H2,1-6H3/t20-,21-/m1/s1. The molecule has 166 valence electrons. The molecule has 2 aliphatic rings. The summed E-state index contributed by atoms with van der Waals surface area (Å²) in [6, 6.07) is 4.16. The van der Waals surface area contributed by atoms with Crippen LogP contribution in [-0.4, -0.2) is 17.4 Å². The Morgan fingerprint density at radius 3 is 2.63 bits per heavy atom. The van der Waals surface area contributed by atoms with Crippen LogP contribution in [0.15, 0.2) is 12.1 Å². The van der Waals surface area contributed by atoms with Gasteiger partial charge in [0.2, 0.25) is 0 Å². The number of hydrogen-bond acceptors (Lipinski definition) is 4. The van der Waals surface area contributed by atoms with Crippen LogP contribution >= 0.6 is 0 Å². The van der Waals surface area contributed by atoms with Crippen molar-refractivity contribution in [3.05, 3.63) is 23.3 Å². The molecule has 3 rings (SSSR count). The zero-order valence-electron chi connectivity index (χ0n) is 19.6. The second-order valence-corrected chi connectivity index (χ2v) is 10.4. The fourth-order valence-corrected chi connectivity index (χ4v) is 5.32. The van der Waals surface area contributed by atoms with E-state index in [2.05, 4.69) is 40.7 Å². The van der Waals surface area contributed by atoms with Crippen LogP contribution in [0.4, 0.5) is 0 Å². The number of hydrogen-bond donors (Lipinski definition) is 0. The number of esters is 1. The molecule has 0 bridgehead atoms. The van der Waals surface area contributed by atoms with Gasteiger partial charge in [-0.15, -0.1) is 0 Å². The van der Waals surface area contributed by atoms with Gasteiger partial charge in [0.25, 0.3) is 0 Å². The summed E-state index contributed by atoms with van der Waals surface area (Å²) in [6.45, 7) is 12.4. The fraction of sp³-hybridized carbons (Fsp3) is 0.692. The normalized spacial score (nSPS) is 22.7. The van der Waals surface area contributed by atoms with Gasteiger partial charge < -0.3 is 9.47 Å². The number of Topliss-reactive ketones (excluding diaryl/α,β-unsaturated/α-hetero) is 1. The molecule has 1 heterocycles. The van der Waals surface area contributed by atoms with Crippen molar-refractivity contribution >= 4 is 11.8 Å². The Hall–Kier alpha value is -1.84. The smallest absolute Gasteiger partial charge is 0.308 e. The maximum absolute atomic E-state index is 12.3. The minimum absolute atomic E-state index is 0.0427. The van der Waals surface area contributed by atoms with E-state index in [0.29, 0.717) is 18.6 Å². The summed E-state index contributed by atoms with van der Waals surface area (Å²) in [5, 5.41) is 0. The van der Waals surface area contributed by atoms with E-state index in [1.165, 1.54) is 32.6 Å². The molecular formula is C26H38O4. The summed E-state index contributed by atoms with van der Waals surface area (Å²) in [7, 11) is 0. The Kier molecular flexibility index (Phi) is 6.64. The Morgan fingerprint density at radius 2 is 1.97 bits per heavy atom. The molecule has 0 N–H and O–H groups in total. The molecule has 1 aromatic rings. The molecule has 2 atom stereocenters. The molecule has 1 aliphatic carbocycles. The van der Waals surface area contributed by atoms with Crippen LogP contribution < -0.4 is 9.47 Å². The van der Waals surface area contributed by atoms with Gasteiger partial charge in [-0.1, -0.05) is 46.5 Å². The Labute approximate surface area is 181 Å². The lowest BCUT2D eigenvalue weighted by molar-refractivity contribution is -0.132. The molecule has 0 saturated heterocycles. The van der Waals surface area contributed by atoms with Gasteiger partial charge >= 0.3 is 5.97 Å². The number of benzene rings is 1. The molecule has 0 spiro atoms. The van der Waals surface area contributed by atoms with E-state index in [1.807, 2.05) is 6.07 Å². The monoisotopic (exact) mass is 414 g/mol. The number of fused-ring (bicyclic) bond motifs is 3. The molecular weight excluding hydrogens is 376 g/mol. The molecule has 1 aromatic carbocycles. The number of rotatable bonds is 7. The van der Waals surface area contributed by atoms with Gasteiger partial charge in [-0.25, -0.2) is 0 Å². The summed E-state index contributed by atoms with van der Waals surface area (Å²) in [5.41, 5.74) is 1.64. The lowest BCUT2D eigenvalue weighted by atomic mass is 9.66. The number of carbonyl (C=O) groups excluding carboxylic acids is 2. The fourth-order valence-electron chi connectivity index (χ4n) is 5.32. The highest BCUT2D eigenvalue weighted by atomic mass is 16.5. The van der Waals surface area contributed by atoms with Crippen LogP contribution in [0.3, 0.4) is 0 Å². The average molecular weight is 415 g/mol. The average Bonchev–Trinajstić information content (AvgIpc) is 2.63. The molecule has 0 amide bonds. The Balaban J connectivity index is 2.04. The quantitative estimate of drug-likeness (QED) is 0.291. The largest absolute Gasteiger partial charge is 0.487 e. The molecule has 4 nitrogen and oxygen atoms in total. The molecule has 30 heavy (non-hydrogen) atoms. The topological polar surface area (TPSA) is 52.6 Å². The van der Waals surface area contributed by atoms with E-state index in [9.17, 15) is 9.59 Å². The highest BCUT2D eigenvalue weighted by Crippen LogP contribution is 2.54. The van der Waals surface area contributed by atoms with Gasteiger partial charge in [-0.05, 0) is 49.8 Å². The van der Waals surface area contributed by atoms with Gasteiger partial charge in [0.1, 0.15) is 22.9 Å². The van der Waals surface area contributed by atoms with Crippen LogP contribution in [0, 0.1) is 5.92 Å². The van der Waals surface area contributed by atoms with Crippen LogP contribution in [0.5, 0.6) is 11.5 Å². The molecule has 1 fully saturated rings. The molecule has 4 heteroatoms. The third-order valence-corrected chi connectivity index (χ3v) is 7.10. The van der Waals surface area contributed by atoms with Gasteiger partial charge in [0.05, 0.1) is 0 Å². The Bertz CT molecular complexity index is 805. The molecule has 1 aliphatic heterocycles. The van der Waals surface area contributed by atoms with Gasteiger partial charge in [-0.2, -0.15) is 0 Å². The van der Waals surface area contributed by atoms with E-state index in [4.69, 9.17) is 9.47 Å². The van der Waals surface area contributed by atoms with Crippen molar-refractivity contribution in [2.75, 3.05) is 0 Å². The minimum Gasteiger partial charge on any atom is -0.487 e. The lowest BCUT2D eigenvalue weighted by Crippen LogP contribution is -2.47. The third-order valence-electron chi connectivity index (χ3n) is 7.10. The lowest BCUT2D eigenvalue weighted by Gasteiger charge is -2.47. The predicted octanol–water partition coefficient (Wildman–Crippen LogP) is 6.48. The number of ether oxygens (including phenoxy) is 2. The number of ketones is 1. The van der Waals surface area contributed by atoms with Crippen molar-refractivity contribution < 1.29 is 19.1 Å². The predicted molar refractivity (Wildman–Crippen MR) is 119 cm³/mol. The Morgan fingerprint density at radius 1 is 1.23 bits per heavy atom. The van der Waals surface area contributed by atoms with Crippen LogP contribution in [-0.2, 0) is 15.0 Å². The number of unbranched alkanes of at least 4 members (excludes halogenated alkanes) is 3. The highest BCUT2D eigenvalue weighted by Gasteiger charge is 2.48. The molecule has 0 radical (unpaired) electrons. The second-order valence-electron chi connectivity index (χ2n) is 10.4. The summed E-state index contributed by atoms with van der Waals surface area (Å²) in [4.78, 5) is 24.2.